The van der Waals surface area contributed by atoms with Gasteiger partial charge in [0, 0.05) is 50.4 Å². The van der Waals surface area contributed by atoms with Gasteiger partial charge in [-0.15, -0.1) is 0 Å². The van der Waals surface area contributed by atoms with E-state index >= 15 is 0 Å². The van der Waals surface area contributed by atoms with Crippen LogP contribution in [0.2, 0.25) is 0 Å². The first-order valence-corrected chi connectivity index (χ1v) is 23.3. The molecule has 332 valence electrons. The summed E-state index contributed by atoms with van der Waals surface area (Å²) in [6.45, 7) is 0. The van der Waals surface area contributed by atoms with Gasteiger partial charge in [-0.3, -0.25) is 14.0 Å². The minimum Gasteiger partial charge on any atom is -0.276 e. The Kier molecular flexibility index (Phi) is 9.24. The summed E-state index contributed by atoms with van der Waals surface area (Å²) in [6, 6.07) is 71.9. The van der Waals surface area contributed by atoms with Crippen LogP contribution < -0.4 is 0 Å². The van der Waals surface area contributed by atoms with Gasteiger partial charge < -0.3 is 0 Å². The molecule has 14 rings (SSSR count). The van der Waals surface area contributed by atoms with Crippen LogP contribution in [-0.4, -0.2) is 53.4 Å². The smallest absolute Gasteiger partial charge is 0.241 e. The van der Waals surface area contributed by atoms with E-state index in [0.717, 1.165) is 88.4 Å². The minimum absolute atomic E-state index is 0.470. The molecule has 0 radical (unpaired) electrons. The Bertz CT molecular complexity index is 4220. The van der Waals surface area contributed by atoms with Gasteiger partial charge in [0.2, 0.25) is 17.7 Å². The van der Waals surface area contributed by atoms with Crippen LogP contribution in [0.1, 0.15) is 0 Å². The molecule has 6 aromatic heterocycles. The molecular formula is C60H37N11. The zero-order chi connectivity index (χ0) is 46.8. The van der Waals surface area contributed by atoms with Crippen LogP contribution in [0.4, 0.5) is 0 Å². The Morgan fingerprint density at radius 2 is 0.775 bits per heavy atom. The van der Waals surface area contributed by atoms with E-state index in [-0.39, 0.29) is 0 Å². The van der Waals surface area contributed by atoms with Crippen LogP contribution in [0.5, 0.6) is 0 Å². The van der Waals surface area contributed by atoms with E-state index in [2.05, 4.69) is 92.4 Å². The van der Waals surface area contributed by atoms with Gasteiger partial charge in [-0.2, -0.15) is 19.9 Å². The molecule has 71 heavy (non-hydrogen) atoms. The molecule has 0 spiro atoms. The van der Waals surface area contributed by atoms with Gasteiger partial charge >= 0.3 is 0 Å². The van der Waals surface area contributed by atoms with Gasteiger partial charge in [-0.05, 0) is 41.5 Å². The highest BCUT2D eigenvalue weighted by Crippen LogP contribution is 2.41. The fourth-order valence-corrected chi connectivity index (χ4v) is 9.86. The fourth-order valence-electron chi connectivity index (χ4n) is 9.86. The Morgan fingerprint density at radius 1 is 0.310 bits per heavy atom. The number of para-hydroxylation sites is 4. The Hall–Kier alpha value is -10.0. The Morgan fingerprint density at radius 3 is 1.37 bits per heavy atom. The predicted molar refractivity (Wildman–Crippen MR) is 281 cm³/mol. The van der Waals surface area contributed by atoms with Crippen LogP contribution in [0.3, 0.4) is 0 Å². The third kappa shape index (κ3) is 6.67. The normalized spacial score (nSPS) is 11.7. The maximum Gasteiger partial charge on any atom is 0.241 e. The van der Waals surface area contributed by atoms with E-state index in [1.165, 1.54) is 0 Å². The van der Waals surface area contributed by atoms with Crippen molar-refractivity contribution in [3.63, 3.8) is 0 Å². The van der Waals surface area contributed by atoms with Gasteiger partial charge in [0.1, 0.15) is 0 Å². The molecule has 0 bridgehead atoms. The summed E-state index contributed by atoms with van der Waals surface area (Å²) in [4.78, 5) is 40.9. The van der Waals surface area contributed by atoms with Crippen molar-refractivity contribution in [2.24, 2.45) is 0 Å². The molecule has 0 saturated carbocycles. The lowest BCUT2D eigenvalue weighted by Gasteiger charge is -2.11. The summed E-state index contributed by atoms with van der Waals surface area (Å²) in [6.07, 6.45) is 3.87. The summed E-state index contributed by atoms with van der Waals surface area (Å²) < 4.78 is 6.42. The van der Waals surface area contributed by atoms with Gasteiger partial charge in [0.25, 0.3) is 0 Å². The van der Waals surface area contributed by atoms with Crippen LogP contribution in [0, 0.1) is 0 Å². The molecule has 6 heterocycles. The second-order valence-electron chi connectivity index (χ2n) is 17.3. The van der Waals surface area contributed by atoms with Crippen molar-refractivity contribution in [1.82, 2.24) is 53.4 Å². The highest BCUT2D eigenvalue weighted by atomic mass is 15.3. The lowest BCUT2D eigenvalue weighted by Crippen LogP contribution is -2.07. The third-order valence-corrected chi connectivity index (χ3v) is 13.1. The minimum atomic E-state index is 0.470. The number of hydrogen-bond acceptors (Lipinski definition) is 8. The van der Waals surface area contributed by atoms with Crippen LogP contribution in [0.25, 0.3) is 129 Å². The van der Waals surface area contributed by atoms with Crippen molar-refractivity contribution in [2.45, 2.75) is 0 Å². The van der Waals surface area contributed by atoms with E-state index in [0.29, 0.717) is 41.0 Å². The molecule has 0 aliphatic rings. The van der Waals surface area contributed by atoms with E-state index in [4.69, 9.17) is 39.9 Å². The summed E-state index contributed by atoms with van der Waals surface area (Å²) in [5.74, 6) is 3.99. The topological polar surface area (TPSA) is 117 Å². The van der Waals surface area contributed by atoms with Crippen molar-refractivity contribution in [2.75, 3.05) is 0 Å². The first-order valence-electron chi connectivity index (χ1n) is 23.3. The molecule has 11 heteroatoms. The van der Waals surface area contributed by atoms with Crippen LogP contribution in [0.15, 0.2) is 225 Å². The molecule has 0 atom stereocenters. The standard InChI is InChI=1S/C60H37N11/c1-5-19-38(20-6-1)54-63-55(39-21-7-2-8-22-39)66-58(65-54)69-48-32-15-13-29-45(48)52-46(36-61-37-51(52)69)43-28-17-27-42(35-43)44-30-18-34-50-53(44)70-49-33-16-14-31-47(49)62-60(70)71(50)59-67-56(40-23-9-3-10-24-40)64-57(68-59)41-25-11-4-12-26-41/h1-37H. The first kappa shape index (κ1) is 40.1. The van der Waals surface area contributed by atoms with Gasteiger partial charge in [-0.1, -0.05) is 182 Å². The maximum atomic E-state index is 5.27. The predicted octanol–water partition coefficient (Wildman–Crippen LogP) is 13.3. The van der Waals surface area contributed by atoms with Crippen molar-refractivity contribution >= 4 is 49.7 Å². The molecule has 0 aliphatic carbocycles. The van der Waals surface area contributed by atoms with Crippen LogP contribution >= 0.6 is 0 Å². The molecule has 0 fully saturated rings. The van der Waals surface area contributed by atoms with Gasteiger partial charge in [0.15, 0.2) is 23.3 Å². The maximum absolute atomic E-state index is 5.27. The highest BCUT2D eigenvalue weighted by molar-refractivity contribution is 6.15. The van der Waals surface area contributed by atoms with Crippen molar-refractivity contribution < 1.29 is 0 Å². The summed E-state index contributed by atoms with van der Waals surface area (Å²) in [5.41, 5.74) is 13.2. The zero-order valence-electron chi connectivity index (χ0n) is 37.8. The number of benzene rings is 8. The monoisotopic (exact) mass is 911 g/mol. The van der Waals surface area contributed by atoms with Gasteiger partial charge in [-0.25, -0.2) is 19.5 Å². The zero-order valence-corrected chi connectivity index (χ0v) is 37.8. The average Bonchev–Trinajstić information content (AvgIpc) is 4.11. The largest absolute Gasteiger partial charge is 0.276 e. The first-order chi connectivity index (χ1) is 35.2. The number of imidazole rings is 2. The van der Waals surface area contributed by atoms with Crippen LogP contribution in [-0.2, 0) is 0 Å². The molecule has 14 aromatic rings. The number of rotatable bonds is 8. The summed E-state index contributed by atoms with van der Waals surface area (Å²) in [7, 11) is 0. The average molecular weight is 912 g/mol. The fraction of sp³-hybridized carbons (Fsp3) is 0. The number of nitrogens with zero attached hydrogens (tertiary/aromatic N) is 11. The van der Waals surface area contributed by atoms with E-state index in [9.17, 15) is 0 Å². The third-order valence-electron chi connectivity index (χ3n) is 13.1. The summed E-state index contributed by atoms with van der Waals surface area (Å²) >= 11 is 0. The molecule has 11 nitrogen and oxygen atoms in total. The number of hydrogen-bond donors (Lipinski definition) is 0. The Labute approximate surface area is 405 Å². The summed E-state index contributed by atoms with van der Waals surface area (Å²) in [5, 5.41) is 2.10. The van der Waals surface area contributed by atoms with E-state index in [1.54, 1.807) is 0 Å². The lowest BCUT2D eigenvalue weighted by atomic mass is 9.96. The van der Waals surface area contributed by atoms with Crippen molar-refractivity contribution in [3.05, 3.63) is 225 Å². The number of fused-ring (bicyclic) bond motifs is 8. The molecule has 0 amide bonds. The second-order valence-corrected chi connectivity index (χ2v) is 17.3. The molecule has 0 saturated heterocycles. The molecule has 8 aromatic carbocycles. The SMILES string of the molecule is c1ccc(-c2nc(-c3ccccc3)nc(-n3c4ccccc4c4c(-c5cccc(-c6cccc7c6n6c8ccccc8nc6n7-c6nc(-c7ccccc7)nc(-c7ccccc7)n6)c5)cncc43)n2)cc1. The van der Waals surface area contributed by atoms with E-state index in [1.807, 2.05) is 146 Å². The number of pyridine rings is 1. The molecular weight excluding hydrogens is 875 g/mol. The van der Waals surface area contributed by atoms with Crippen molar-refractivity contribution in [3.8, 4) is 79.7 Å². The molecule has 0 N–H and O–H groups in total. The van der Waals surface area contributed by atoms with E-state index < -0.39 is 0 Å². The second kappa shape index (κ2) is 16.4. The quantitative estimate of drug-likeness (QED) is 0.148. The molecule has 0 aliphatic heterocycles. The highest BCUT2D eigenvalue weighted by Gasteiger charge is 2.25. The number of aromatic nitrogens is 11. The lowest BCUT2D eigenvalue weighted by molar-refractivity contribution is 0.937. The van der Waals surface area contributed by atoms with Gasteiger partial charge in [0.05, 0.1) is 39.3 Å². The molecule has 0 unspecified atom stereocenters. The van der Waals surface area contributed by atoms with Crippen molar-refractivity contribution in [1.29, 1.82) is 0 Å². The Balaban J connectivity index is 0.973.